The number of fused-ring (bicyclic) bond motifs is 1. The first-order valence-electron chi connectivity index (χ1n) is 19.9. The Balaban J connectivity index is 0.998. The number of alkyl carbamates (subject to hydrolysis) is 1. The number of carbonyl (C=O) groups is 1. The van der Waals surface area contributed by atoms with Crippen LogP contribution < -0.4 is 10.1 Å². The average molecular weight is 814 g/mol. The number of imidazole rings is 1. The van der Waals surface area contributed by atoms with Gasteiger partial charge in [-0.2, -0.15) is 0 Å². The predicted octanol–water partition coefficient (Wildman–Crippen LogP) is 6.44. The monoisotopic (exact) mass is 813 g/mol. The van der Waals surface area contributed by atoms with Gasteiger partial charge < -0.3 is 47.6 Å². The highest BCUT2D eigenvalue weighted by atomic mass is 35.5. The van der Waals surface area contributed by atoms with Crippen molar-refractivity contribution in [2.24, 2.45) is 0 Å². The number of hydrogen-bond donors (Lipinski definition) is 1. The zero-order chi connectivity index (χ0) is 40.6. The van der Waals surface area contributed by atoms with Crippen molar-refractivity contribution in [3.63, 3.8) is 0 Å². The number of amides is 1. The number of nitrogens with one attached hydrogen (secondary N) is 1. The first kappa shape index (κ1) is 44.3. The van der Waals surface area contributed by atoms with Crippen LogP contribution in [-0.4, -0.2) is 130 Å². The summed E-state index contributed by atoms with van der Waals surface area (Å²) in [5, 5.41) is 7.37. The molecule has 1 fully saturated rings. The summed E-state index contributed by atoms with van der Waals surface area (Å²) in [5.41, 5.74) is 5.62. The number of carbonyl (C=O) groups excluding carboxylic acids is 1. The van der Waals surface area contributed by atoms with Gasteiger partial charge in [-0.3, -0.25) is 4.90 Å². The van der Waals surface area contributed by atoms with Gasteiger partial charge in [0.25, 0.3) is 0 Å². The minimum Gasteiger partial charge on any atom is -0.490 e. The SMILES string of the molecule is Cc1noc(C)c1-c1ccc2c(c1)nc(CCc1ccc(OCCOCCOCCOCCOCCNC(=O)OC(C)(C)C)c(Cl)c1)n2C[C@H](C)N1CCOCC1. The van der Waals surface area contributed by atoms with Gasteiger partial charge in [-0.25, -0.2) is 9.78 Å². The van der Waals surface area contributed by atoms with Crippen molar-refractivity contribution >= 4 is 28.7 Å². The zero-order valence-electron chi connectivity index (χ0n) is 34.4. The smallest absolute Gasteiger partial charge is 0.407 e. The Hall–Kier alpha value is -3.76. The molecule has 0 spiro atoms. The average Bonchev–Trinajstić information content (AvgIpc) is 3.70. The number of morpholine rings is 1. The zero-order valence-corrected chi connectivity index (χ0v) is 35.2. The van der Waals surface area contributed by atoms with Gasteiger partial charge in [0.15, 0.2) is 0 Å². The van der Waals surface area contributed by atoms with E-state index in [-0.39, 0.29) is 0 Å². The highest BCUT2D eigenvalue weighted by Crippen LogP contribution is 2.31. The summed E-state index contributed by atoms with van der Waals surface area (Å²) in [6.45, 7) is 20.1. The molecule has 3 heterocycles. The fourth-order valence-electron chi connectivity index (χ4n) is 6.61. The highest BCUT2D eigenvalue weighted by molar-refractivity contribution is 6.32. The van der Waals surface area contributed by atoms with Crippen LogP contribution in [0.2, 0.25) is 5.02 Å². The van der Waals surface area contributed by atoms with Crippen molar-refractivity contribution in [1.82, 2.24) is 24.9 Å². The number of rotatable bonds is 23. The van der Waals surface area contributed by atoms with E-state index in [0.29, 0.717) is 82.8 Å². The lowest BCUT2D eigenvalue weighted by atomic mass is 10.0. The van der Waals surface area contributed by atoms with Crippen LogP contribution >= 0.6 is 11.6 Å². The molecular weight excluding hydrogens is 754 g/mol. The summed E-state index contributed by atoms with van der Waals surface area (Å²) in [6.07, 6.45) is 1.08. The number of halogens is 1. The largest absolute Gasteiger partial charge is 0.490 e. The second-order valence-corrected chi connectivity index (χ2v) is 15.4. The van der Waals surface area contributed by atoms with Crippen LogP contribution in [-0.2, 0) is 47.8 Å². The van der Waals surface area contributed by atoms with Gasteiger partial charge in [-0.1, -0.05) is 28.9 Å². The summed E-state index contributed by atoms with van der Waals surface area (Å²) >= 11 is 6.67. The normalized spacial score (nSPS) is 14.3. The van der Waals surface area contributed by atoms with Crippen LogP contribution in [0.3, 0.4) is 0 Å². The molecule has 4 aromatic rings. The van der Waals surface area contributed by atoms with Gasteiger partial charge in [0.05, 0.1) is 87.8 Å². The molecule has 0 saturated carbocycles. The quantitative estimate of drug-likeness (QED) is 0.0825. The summed E-state index contributed by atoms with van der Waals surface area (Å²) in [6, 6.07) is 12.8. The molecule has 2 aromatic heterocycles. The Labute approximate surface area is 341 Å². The van der Waals surface area contributed by atoms with Gasteiger partial charge in [-0.05, 0) is 83.4 Å². The lowest BCUT2D eigenvalue weighted by Crippen LogP contribution is -2.44. The van der Waals surface area contributed by atoms with Crippen molar-refractivity contribution in [2.75, 3.05) is 92.3 Å². The third kappa shape index (κ3) is 14.2. The van der Waals surface area contributed by atoms with E-state index in [4.69, 9.17) is 54.3 Å². The Bertz CT molecular complexity index is 1820. The molecule has 5 rings (SSSR count). The molecule has 0 bridgehead atoms. The van der Waals surface area contributed by atoms with Crippen molar-refractivity contribution in [2.45, 2.75) is 72.6 Å². The molecule has 15 heteroatoms. The van der Waals surface area contributed by atoms with E-state index in [0.717, 1.165) is 90.7 Å². The number of nitrogens with zero attached hydrogens (tertiary/aromatic N) is 4. The second-order valence-electron chi connectivity index (χ2n) is 15.0. The van der Waals surface area contributed by atoms with Crippen molar-refractivity contribution in [3.8, 4) is 16.9 Å². The minimum atomic E-state index is -0.521. The van der Waals surface area contributed by atoms with E-state index in [9.17, 15) is 4.79 Å². The van der Waals surface area contributed by atoms with E-state index >= 15 is 0 Å². The molecule has 1 saturated heterocycles. The van der Waals surface area contributed by atoms with Crippen LogP contribution in [0.15, 0.2) is 40.9 Å². The molecule has 57 heavy (non-hydrogen) atoms. The second kappa shape index (κ2) is 22.4. The van der Waals surface area contributed by atoms with Crippen molar-refractivity contribution in [1.29, 1.82) is 0 Å². The maximum atomic E-state index is 11.6. The molecule has 1 atom stereocenters. The topological polar surface area (TPSA) is 141 Å². The molecule has 0 unspecified atom stereocenters. The number of aromatic nitrogens is 3. The Kier molecular flexibility index (Phi) is 17.4. The standard InChI is InChI=1S/C42H60ClN5O9/c1-30(47-14-17-51-18-15-47)29-48-37-10-9-34(40-31(2)46-57-32(40)3)28-36(37)45-39(48)12-8-33-7-11-38(35(43)27-33)55-26-25-54-24-23-53-22-21-52-20-19-50-16-13-44-41(49)56-42(4,5)6/h7,9-11,27-28,30H,8,12-26,29H2,1-6H3,(H,44,49)/t30-/m0/s1. The summed E-state index contributed by atoms with van der Waals surface area (Å²) in [5.74, 6) is 2.47. The Morgan fingerprint density at radius 3 is 2.19 bits per heavy atom. The van der Waals surface area contributed by atoms with Crippen molar-refractivity contribution < 1.29 is 42.5 Å². The van der Waals surface area contributed by atoms with Crippen LogP contribution in [0.1, 0.15) is 50.5 Å². The van der Waals surface area contributed by atoms with Crippen LogP contribution in [0.25, 0.3) is 22.2 Å². The van der Waals surface area contributed by atoms with E-state index in [1.165, 1.54) is 0 Å². The van der Waals surface area contributed by atoms with Crippen LogP contribution in [0.4, 0.5) is 4.79 Å². The Morgan fingerprint density at radius 1 is 0.895 bits per heavy atom. The van der Waals surface area contributed by atoms with Gasteiger partial charge in [-0.15, -0.1) is 0 Å². The first-order chi connectivity index (χ1) is 27.5. The summed E-state index contributed by atoms with van der Waals surface area (Å²) in [4.78, 5) is 19.3. The molecule has 1 aliphatic rings. The highest BCUT2D eigenvalue weighted by Gasteiger charge is 2.22. The van der Waals surface area contributed by atoms with Gasteiger partial charge >= 0.3 is 6.09 Å². The fraction of sp³-hybridized carbons (Fsp3) is 0.595. The van der Waals surface area contributed by atoms with Gasteiger partial charge in [0, 0.05) is 44.2 Å². The molecule has 14 nitrogen and oxygen atoms in total. The van der Waals surface area contributed by atoms with Gasteiger partial charge in [0.1, 0.15) is 29.5 Å². The lowest BCUT2D eigenvalue weighted by molar-refractivity contribution is -0.00455. The minimum absolute atomic E-state index is 0.334. The maximum absolute atomic E-state index is 11.6. The first-order valence-corrected chi connectivity index (χ1v) is 20.3. The van der Waals surface area contributed by atoms with E-state index in [2.05, 4.69) is 51.1 Å². The lowest BCUT2D eigenvalue weighted by Gasteiger charge is -2.32. The molecule has 0 radical (unpaired) electrons. The summed E-state index contributed by atoms with van der Waals surface area (Å²) in [7, 11) is 0. The summed E-state index contributed by atoms with van der Waals surface area (Å²) < 4.78 is 46.7. The molecule has 0 aliphatic carbocycles. The third-order valence-corrected chi connectivity index (χ3v) is 9.71. The molecule has 314 valence electrons. The van der Waals surface area contributed by atoms with Crippen molar-refractivity contribution in [3.05, 3.63) is 64.3 Å². The van der Waals surface area contributed by atoms with E-state index in [1.807, 2.05) is 46.8 Å². The number of hydrogen-bond acceptors (Lipinski definition) is 12. The molecule has 1 amide bonds. The fourth-order valence-corrected chi connectivity index (χ4v) is 6.87. The Morgan fingerprint density at radius 2 is 1.56 bits per heavy atom. The molecule has 1 N–H and O–H groups in total. The number of ether oxygens (including phenoxy) is 7. The molecular formula is C42H60ClN5O9. The molecule has 2 aromatic carbocycles. The van der Waals surface area contributed by atoms with Crippen LogP contribution in [0, 0.1) is 13.8 Å². The van der Waals surface area contributed by atoms with E-state index < -0.39 is 11.7 Å². The number of benzene rings is 2. The molecule has 1 aliphatic heterocycles. The van der Waals surface area contributed by atoms with Gasteiger partial charge in [0.2, 0.25) is 0 Å². The van der Waals surface area contributed by atoms with Crippen LogP contribution in [0.5, 0.6) is 5.75 Å². The maximum Gasteiger partial charge on any atom is 0.407 e. The number of aryl methyl sites for hydroxylation is 4. The van der Waals surface area contributed by atoms with E-state index in [1.54, 1.807) is 0 Å². The predicted molar refractivity (Wildman–Crippen MR) is 218 cm³/mol. The third-order valence-electron chi connectivity index (χ3n) is 9.41.